The molecular formula is C22H30N4O. The number of hydrogen-bond donors (Lipinski definition) is 1. The number of benzene rings is 2. The lowest BCUT2D eigenvalue weighted by Crippen LogP contribution is -2.38. The van der Waals surface area contributed by atoms with E-state index in [1.165, 1.54) is 22.4 Å². The van der Waals surface area contributed by atoms with Crippen LogP contribution in [-0.2, 0) is 17.8 Å². The van der Waals surface area contributed by atoms with E-state index >= 15 is 0 Å². The van der Waals surface area contributed by atoms with Crippen molar-refractivity contribution in [1.29, 1.82) is 0 Å². The lowest BCUT2D eigenvalue weighted by molar-refractivity contribution is 0.122. The summed E-state index contributed by atoms with van der Waals surface area (Å²) in [6.45, 7) is 7.25. The predicted octanol–water partition coefficient (Wildman–Crippen LogP) is 3.04. The minimum atomic E-state index is 0.758. The third kappa shape index (κ3) is 5.47. The molecular weight excluding hydrogens is 336 g/mol. The molecule has 3 rings (SSSR count). The number of hydrogen-bond acceptors (Lipinski definition) is 3. The van der Waals surface area contributed by atoms with Crippen LogP contribution in [0, 0.1) is 6.92 Å². The number of aryl methyl sites for hydroxylation is 1. The van der Waals surface area contributed by atoms with Crippen LogP contribution in [-0.4, -0.2) is 51.3 Å². The van der Waals surface area contributed by atoms with Crippen LogP contribution in [0.3, 0.4) is 0 Å². The van der Waals surface area contributed by atoms with Gasteiger partial charge in [-0.05, 0) is 30.2 Å². The quantitative estimate of drug-likeness (QED) is 0.652. The fourth-order valence-electron chi connectivity index (χ4n) is 3.25. The van der Waals surface area contributed by atoms with Gasteiger partial charge in [0.25, 0.3) is 0 Å². The Bertz CT molecular complexity index is 734. The Morgan fingerprint density at radius 2 is 1.67 bits per heavy atom. The number of aliphatic imine (C=N–C) groups is 1. The molecule has 2 aromatic rings. The van der Waals surface area contributed by atoms with Crippen LogP contribution in [0.15, 0.2) is 53.5 Å². The number of morpholine rings is 1. The molecule has 0 spiro atoms. The normalized spacial score (nSPS) is 14.9. The second-order valence-electron chi connectivity index (χ2n) is 7.01. The Labute approximate surface area is 162 Å². The van der Waals surface area contributed by atoms with Crippen molar-refractivity contribution < 1.29 is 4.74 Å². The van der Waals surface area contributed by atoms with Crippen LogP contribution < -0.4 is 10.2 Å². The molecule has 0 bridgehead atoms. The van der Waals surface area contributed by atoms with Gasteiger partial charge in [-0.3, -0.25) is 4.99 Å². The standard InChI is InChI=1S/C22H30N4O/c1-18-4-6-20(7-5-18)17-25(3)22(23-2)24-16-19-8-10-21(11-9-19)26-12-14-27-15-13-26/h4-11H,12-17H2,1-3H3,(H,23,24). The fourth-order valence-corrected chi connectivity index (χ4v) is 3.25. The maximum Gasteiger partial charge on any atom is 0.193 e. The van der Waals surface area contributed by atoms with Crippen molar-refractivity contribution in [2.24, 2.45) is 4.99 Å². The van der Waals surface area contributed by atoms with Crippen LogP contribution in [0.5, 0.6) is 0 Å². The third-order valence-electron chi connectivity index (χ3n) is 4.88. The van der Waals surface area contributed by atoms with E-state index < -0.39 is 0 Å². The van der Waals surface area contributed by atoms with E-state index in [-0.39, 0.29) is 0 Å². The smallest absolute Gasteiger partial charge is 0.193 e. The summed E-state index contributed by atoms with van der Waals surface area (Å²) >= 11 is 0. The monoisotopic (exact) mass is 366 g/mol. The number of anilines is 1. The topological polar surface area (TPSA) is 40.1 Å². The molecule has 1 heterocycles. The first-order valence-electron chi connectivity index (χ1n) is 9.54. The first-order chi connectivity index (χ1) is 13.2. The molecule has 0 saturated carbocycles. The lowest BCUT2D eigenvalue weighted by atomic mass is 10.1. The van der Waals surface area contributed by atoms with Gasteiger partial charge in [-0.2, -0.15) is 0 Å². The molecule has 144 valence electrons. The Balaban J connectivity index is 1.53. The zero-order valence-electron chi connectivity index (χ0n) is 16.6. The minimum Gasteiger partial charge on any atom is -0.378 e. The second kappa shape index (κ2) is 9.42. The maximum absolute atomic E-state index is 5.42. The number of guanidine groups is 1. The molecule has 1 aliphatic rings. The summed E-state index contributed by atoms with van der Waals surface area (Å²) in [6, 6.07) is 17.4. The molecule has 2 aromatic carbocycles. The molecule has 1 N–H and O–H groups in total. The van der Waals surface area contributed by atoms with Crippen molar-refractivity contribution in [2.45, 2.75) is 20.0 Å². The van der Waals surface area contributed by atoms with Gasteiger partial charge >= 0.3 is 0 Å². The highest BCUT2D eigenvalue weighted by atomic mass is 16.5. The highest BCUT2D eigenvalue weighted by Crippen LogP contribution is 2.16. The van der Waals surface area contributed by atoms with E-state index in [1.54, 1.807) is 0 Å². The summed E-state index contributed by atoms with van der Waals surface area (Å²) < 4.78 is 5.42. The third-order valence-corrected chi connectivity index (χ3v) is 4.88. The Hall–Kier alpha value is -2.53. The van der Waals surface area contributed by atoms with Crippen molar-refractivity contribution in [1.82, 2.24) is 10.2 Å². The van der Waals surface area contributed by atoms with E-state index in [4.69, 9.17) is 4.74 Å². The summed E-state index contributed by atoms with van der Waals surface area (Å²) in [4.78, 5) is 8.93. The van der Waals surface area contributed by atoms with Crippen molar-refractivity contribution in [2.75, 3.05) is 45.3 Å². The summed E-state index contributed by atoms with van der Waals surface area (Å²) in [7, 11) is 3.90. The number of nitrogens with one attached hydrogen (secondary N) is 1. The molecule has 0 unspecified atom stereocenters. The van der Waals surface area contributed by atoms with Crippen LogP contribution in [0.2, 0.25) is 0 Å². The average Bonchev–Trinajstić information content (AvgIpc) is 2.71. The molecule has 5 nitrogen and oxygen atoms in total. The summed E-state index contributed by atoms with van der Waals surface area (Å²) in [6.07, 6.45) is 0. The average molecular weight is 367 g/mol. The van der Waals surface area contributed by atoms with Crippen LogP contribution in [0.4, 0.5) is 5.69 Å². The van der Waals surface area contributed by atoms with Gasteiger partial charge in [0.2, 0.25) is 0 Å². The van der Waals surface area contributed by atoms with Crippen molar-refractivity contribution in [3.63, 3.8) is 0 Å². The van der Waals surface area contributed by atoms with Gasteiger partial charge in [0.1, 0.15) is 0 Å². The molecule has 1 saturated heterocycles. The van der Waals surface area contributed by atoms with E-state index in [2.05, 4.69) is 82.6 Å². The largest absolute Gasteiger partial charge is 0.378 e. The summed E-state index contributed by atoms with van der Waals surface area (Å²) in [5, 5.41) is 3.46. The van der Waals surface area contributed by atoms with Gasteiger partial charge in [0.15, 0.2) is 5.96 Å². The lowest BCUT2D eigenvalue weighted by Gasteiger charge is -2.29. The van der Waals surface area contributed by atoms with Crippen LogP contribution >= 0.6 is 0 Å². The van der Waals surface area contributed by atoms with E-state index in [0.717, 1.165) is 45.4 Å². The van der Waals surface area contributed by atoms with Crippen molar-refractivity contribution >= 4 is 11.6 Å². The predicted molar refractivity (Wildman–Crippen MR) is 112 cm³/mol. The van der Waals surface area contributed by atoms with E-state index in [0.29, 0.717) is 0 Å². The number of nitrogens with zero attached hydrogens (tertiary/aromatic N) is 3. The van der Waals surface area contributed by atoms with E-state index in [9.17, 15) is 0 Å². The molecule has 0 atom stereocenters. The summed E-state index contributed by atoms with van der Waals surface area (Å²) in [5.41, 5.74) is 5.07. The molecule has 1 aliphatic heterocycles. The Kier molecular flexibility index (Phi) is 6.71. The first-order valence-corrected chi connectivity index (χ1v) is 9.54. The Morgan fingerprint density at radius 1 is 1.04 bits per heavy atom. The Morgan fingerprint density at radius 3 is 2.30 bits per heavy atom. The zero-order valence-corrected chi connectivity index (χ0v) is 16.6. The minimum absolute atomic E-state index is 0.758. The molecule has 5 heteroatoms. The zero-order chi connectivity index (χ0) is 19.1. The first kappa shape index (κ1) is 19.2. The van der Waals surface area contributed by atoms with Gasteiger partial charge in [0, 0.05) is 46.0 Å². The molecule has 0 amide bonds. The van der Waals surface area contributed by atoms with Gasteiger partial charge in [-0.15, -0.1) is 0 Å². The van der Waals surface area contributed by atoms with Gasteiger partial charge < -0.3 is 19.9 Å². The van der Waals surface area contributed by atoms with Crippen molar-refractivity contribution in [3.05, 3.63) is 65.2 Å². The van der Waals surface area contributed by atoms with Crippen molar-refractivity contribution in [3.8, 4) is 0 Å². The number of ether oxygens (including phenoxy) is 1. The number of rotatable bonds is 5. The highest BCUT2D eigenvalue weighted by Gasteiger charge is 2.11. The van der Waals surface area contributed by atoms with Crippen LogP contribution in [0.25, 0.3) is 0 Å². The molecule has 0 aliphatic carbocycles. The summed E-state index contributed by atoms with van der Waals surface area (Å²) in [5.74, 6) is 0.896. The second-order valence-corrected chi connectivity index (χ2v) is 7.01. The molecule has 0 aromatic heterocycles. The molecule has 0 radical (unpaired) electrons. The SMILES string of the molecule is CN=C(NCc1ccc(N2CCOCC2)cc1)N(C)Cc1ccc(C)cc1. The highest BCUT2D eigenvalue weighted by molar-refractivity contribution is 5.79. The van der Waals surface area contributed by atoms with Gasteiger partial charge in [-0.25, -0.2) is 0 Å². The van der Waals surface area contributed by atoms with Gasteiger partial charge in [0.05, 0.1) is 13.2 Å². The van der Waals surface area contributed by atoms with Crippen LogP contribution in [0.1, 0.15) is 16.7 Å². The molecule has 27 heavy (non-hydrogen) atoms. The molecule has 1 fully saturated rings. The van der Waals surface area contributed by atoms with Gasteiger partial charge in [-0.1, -0.05) is 42.0 Å². The van der Waals surface area contributed by atoms with E-state index in [1.807, 2.05) is 7.05 Å². The maximum atomic E-state index is 5.42. The fraction of sp³-hybridized carbons (Fsp3) is 0.409.